The van der Waals surface area contributed by atoms with Gasteiger partial charge in [-0.05, 0) is 6.92 Å². The van der Waals surface area contributed by atoms with Crippen LogP contribution in [0.5, 0.6) is 0 Å². The molecule has 1 aliphatic rings. The van der Waals surface area contributed by atoms with Crippen molar-refractivity contribution in [3.8, 4) is 0 Å². The molecule has 0 aliphatic carbocycles. The minimum Gasteiger partial charge on any atom is -0.359 e. The van der Waals surface area contributed by atoms with Gasteiger partial charge in [-0.25, -0.2) is 8.78 Å². The van der Waals surface area contributed by atoms with E-state index >= 15 is 0 Å². The Bertz CT molecular complexity index is 172. The molecule has 0 amide bonds. The van der Waals surface area contributed by atoms with E-state index in [0.29, 0.717) is 0 Å². The third-order valence-electron chi connectivity index (χ3n) is 1.60. The monoisotopic (exact) mass is 174 g/mol. The van der Waals surface area contributed by atoms with Crippen molar-refractivity contribution >= 4 is 0 Å². The number of ether oxygens (including phenoxy) is 1. The topological polar surface area (TPSA) is 32.8 Å². The van der Waals surface area contributed by atoms with Crippen LogP contribution in [0.15, 0.2) is 0 Å². The fourth-order valence-corrected chi connectivity index (χ4v) is 0.741. The van der Waals surface area contributed by atoms with Gasteiger partial charge in [0.2, 0.25) is 0 Å². The number of hydrogen-bond acceptors (Lipinski definition) is 2. The zero-order valence-electron chi connectivity index (χ0n) is 5.52. The Kier molecular flexibility index (Phi) is 1.64. The first-order valence-corrected chi connectivity index (χ1v) is 2.88. The van der Waals surface area contributed by atoms with Gasteiger partial charge in [-0.1, -0.05) is 0 Å². The molecule has 0 bridgehead atoms. The first kappa shape index (κ1) is 8.73. The normalized spacial score (nSPS) is 37.9. The van der Waals surface area contributed by atoms with E-state index in [1.54, 1.807) is 0 Å². The summed E-state index contributed by atoms with van der Waals surface area (Å²) in [5, 5.41) is 8.64. The van der Waals surface area contributed by atoms with Crippen LogP contribution in [0.3, 0.4) is 0 Å². The van der Waals surface area contributed by atoms with Crippen molar-refractivity contribution in [2.75, 3.05) is 0 Å². The van der Waals surface area contributed by atoms with Gasteiger partial charge in [0.25, 0.3) is 5.79 Å². The fourth-order valence-electron chi connectivity index (χ4n) is 0.741. The van der Waals surface area contributed by atoms with Gasteiger partial charge in [-0.3, -0.25) is 0 Å². The molecule has 6 heteroatoms. The van der Waals surface area contributed by atoms with Gasteiger partial charge in [0.1, 0.15) is 6.10 Å². The maximum Gasteiger partial charge on any atom is 0.362 e. The molecule has 0 aromatic heterocycles. The van der Waals surface area contributed by atoms with Crippen LogP contribution in [0.1, 0.15) is 6.92 Å². The number of epoxide rings is 1. The Morgan fingerprint density at radius 3 is 2.00 bits per heavy atom. The Hall–Kier alpha value is -0.360. The Morgan fingerprint density at radius 1 is 1.55 bits per heavy atom. The first-order valence-electron chi connectivity index (χ1n) is 2.88. The maximum atomic E-state index is 12.2. The van der Waals surface area contributed by atoms with Gasteiger partial charge in [-0.2, -0.15) is 8.78 Å². The highest BCUT2D eigenvalue weighted by Crippen LogP contribution is 2.48. The molecule has 0 saturated carbocycles. The molecule has 1 rings (SSSR count). The number of alkyl halides is 4. The van der Waals surface area contributed by atoms with Crippen LogP contribution < -0.4 is 0 Å². The van der Waals surface area contributed by atoms with E-state index < -0.39 is 24.2 Å². The van der Waals surface area contributed by atoms with E-state index in [4.69, 9.17) is 5.11 Å². The van der Waals surface area contributed by atoms with Gasteiger partial charge in [0.15, 0.2) is 0 Å². The van der Waals surface area contributed by atoms with E-state index in [2.05, 4.69) is 4.74 Å². The molecule has 11 heavy (non-hydrogen) atoms. The highest BCUT2D eigenvalue weighted by Gasteiger charge is 2.73. The lowest BCUT2D eigenvalue weighted by atomic mass is 10.1. The molecule has 0 radical (unpaired) electrons. The van der Waals surface area contributed by atoms with Crippen molar-refractivity contribution in [2.45, 2.75) is 31.2 Å². The average Bonchev–Trinajstić information content (AvgIpc) is 2.42. The van der Waals surface area contributed by atoms with E-state index in [-0.39, 0.29) is 0 Å². The zero-order valence-corrected chi connectivity index (χ0v) is 5.52. The Labute approximate surface area is 59.8 Å². The summed E-state index contributed by atoms with van der Waals surface area (Å²) >= 11 is 0. The lowest BCUT2D eigenvalue weighted by Crippen LogP contribution is -2.44. The number of hydrogen-bond donors (Lipinski definition) is 1. The Balaban J connectivity index is 2.74. The first-order chi connectivity index (χ1) is 4.82. The summed E-state index contributed by atoms with van der Waals surface area (Å²) in [6.07, 6.45) is -5.14. The third-order valence-corrected chi connectivity index (χ3v) is 1.60. The van der Waals surface area contributed by atoms with E-state index in [1.807, 2.05) is 0 Å². The zero-order chi connectivity index (χ0) is 8.86. The number of halogens is 4. The smallest absolute Gasteiger partial charge is 0.359 e. The van der Waals surface area contributed by atoms with Crippen molar-refractivity contribution in [1.29, 1.82) is 0 Å². The van der Waals surface area contributed by atoms with Crippen LogP contribution in [-0.2, 0) is 4.74 Å². The summed E-state index contributed by atoms with van der Waals surface area (Å²) in [6.45, 7) is 1.09. The summed E-state index contributed by atoms with van der Waals surface area (Å²) in [4.78, 5) is 0. The Morgan fingerprint density at radius 2 is 1.91 bits per heavy atom. The van der Waals surface area contributed by atoms with Crippen LogP contribution in [-0.4, -0.2) is 29.3 Å². The molecule has 0 aromatic carbocycles. The molecule has 1 heterocycles. The molecule has 66 valence electrons. The lowest BCUT2D eigenvalue weighted by molar-refractivity contribution is -0.237. The molecule has 2 unspecified atom stereocenters. The summed E-state index contributed by atoms with van der Waals surface area (Å²) < 4.78 is 51.5. The predicted molar refractivity (Wildman–Crippen MR) is 26.4 cm³/mol. The van der Waals surface area contributed by atoms with E-state index in [9.17, 15) is 17.6 Å². The fraction of sp³-hybridized carbons (Fsp3) is 1.00. The van der Waals surface area contributed by atoms with Crippen molar-refractivity contribution in [2.24, 2.45) is 0 Å². The lowest BCUT2D eigenvalue weighted by Gasteiger charge is -2.17. The van der Waals surface area contributed by atoms with Crippen molar-refractivity contribution < 1.29 is 27.4 Å². The average molecular weight is 174 g/mol. The molecule has 2 nitrogen and oxygen atoms in total. The summed E-state index contributed by atoms with van der Waals surface area (Å²) in [5.74, 6) is -7.44. The molecule has 2 atom stereocenters. The van der Waals surface area contributed by atoms with Crippen molar-refractivity contribution in [1.82, 2.24) is 0 Å². The summed E-state index contributed by atoms with van der Waals surface area (Å²) in [6, 6.07) is 0. The highest BCUT2D eigenvalue weighted by atomic mass is 19.3. The van der Waals surface area contributed by atoms with Gasteiger partial charge >= 0.3 is 12.3 Å². The minimum atomic E-state index is -4.48. The molecule has 1 aliphatic heterocycles. The van der Waals surface area contributed by atoms with Crippen molar-refractivity contribution in [3.05, 3.63) is 0 Å². The molecule has 0 aromatic rings. The molecule has 1 fully saturated rings. The largest absolute Gasteiger partial charge is 0.362 e. The quantitative estimate of drug-likeness (QED) is 0.500. The molecular formula is C5H6F4O2. The summed E-state index contributed by atoms with van der Waals surface area (Å²) in [5.41, 5.74) is 0. The van der Waals surface area contributed by atoms with Gasteiger partial charge in [0, 0.05) is 0 Å². The second-order valence-electron chi connectivity index (χ2n) is 2.38. The van der Waals surface area contributed by atoms with E-state index in [0.717, 1.165) is 6.92 Å². The molecule has 1 saturated heterocycles. The number of aliphatic hydroxyl groups is 1. The van der Waals surface area contributed by atoms with Crippen molar-refractivity contribution in [3.63, 3.8) is 0 Å². The SMILES string of the molecule is CC1OC1(O)C(F)(F)C(F)F. The molecule has 0 spiro atoms. The third kappa shape index (κ3) is 1.01. The van der Waals surface area contributed by atoms with Crippen LogP contribution in [0.25, 0.3) is 0 Å². The van der Waals surface area contributed by atoms with Crippen LogP contribution in [0, 0.1) is 0 Å². The van der Waals surface area contributed by atoms with Crippen LogP contribution in [0.2, 0.25) is 0 Å². The second kappa shape index (κ2) is 2.07. The van der Waals surface area contributed by atoms with Gasteiger partial charge < -0.3 is 9.84 Å². The van der Waals surface area contributed by atoms with Gasteiger partial charge in [-0.15, -0.1) is 0 Å². The van der Waals surface area contributed by atoms with Crippen LogP contribution >= 0.6 is 0 Å². The second-order valence-corrected chi connectivity index (χ2v) is 2.38. The predicted octanol–water partition coefficient (Wildman–Crippen LogP) is 0.994. The van der Waals surface area contributed by atoms with Gasteiger partial charge in [0.05, 0.1) is 0 Å². The van der Waals surface area contributed by atoms with Crippen LogP contribution in [0.4, 0.5) is 17.6 Å². The molecule has 1 N–H and O–H groups in total. The molecular weight excluding hydrogens is 168 g/mol. The number of rotatable bonds is 2. The van der Waals surface area contributed by atoms with E-state index in [1.165, 1.54) is 0 Å². The highest BCUT2D eigenvalue weighted by molar-refractivity contribution is 5.02. The standard InChI is InChI=1S/C5H6F4O2/c1-2-5(10,11-2)4(8,9)3(6)7/h2-3,10H,1H3. The summed E-state index contributed by atoms with van der Waals surface area (Å²) in [7, 11) is 0. The maximum absolute atomic E-state index is 12.2. The minimum absolute atomic E-state index is 1.09.